The minimum absolute atomic E-state index is 0.0477. The average molecular weight is 388 g/mol. The number of ether oxygens (including phenoxy) is 5. The lowest BCUT2D eigenvalue weighted by Gasteiger charge is -2.14. The molecule has 0 aliphatic heterocycles. The van der Waals surface area contributed by atoms with Gasteiger partial charge in [0.25, 0.3) is 0 Å². The van der Waals surface area contributed by atoms with E-state index in [1.165, 1.54) is 21.1 Å². The molecule has 0 radical (unpaired) electrons. The molecule has 1 rings (SSSR count). The second-order valence-corrected chi connectivity index (χ2v) is 4.87. The van der Waals surface area contributed by atoms with Crippen LogP contribution in [0.4, 0.5) is 11.4 Å². The third-order valence-corrected chi connectivity index (χ3v) is 3.13. The summed E-state index contributed by atoms with van der Waals surface area (Å²) in [5.74, 6) is -2.12. The molecule has 150 valence electrons. The van der Waals surface area contributed by atoms with Crippen LogP contribution in [0.1, 0.15) is 17.3 Å². The number of nitro benzene ring substituents is 2. The van der Waals surface area contributed by atoms with E-state index >= 15 is 0 Å². The van der Waals surface area contributed by atoms with Gasteiger partial charge in [-0.2, -0.15) is 0 Å². The Balaban J connectivity index is 3.64. The molecular formula is C15H20N2O10. The average Bonchev–Trinajstić information content (AvgIpc) is 2.61. The zero-order valence-corrected chi connectivity index (χ0v) is 15.1. The summed E-state index contributed by atoms with van der Waals surface area (Å²) < 4.78 is 25.0. The minimum Gasteiger partial charge on any atom is -0.482 e. The van der Waals surface area contributed by atoms with Crippen molar-refractivity contribution in [1.82, 2.24) is 0 Å². The Morgan fingerprint density at radius 3 is 1.96 bits per heavy atom. The Labute approximate surface area is 154 Å². The summed E-state index contributed by atoms with van der Waals surface area (Å²) in [5.41, 5.74) is -2.07. The molecule has 0 spiro atoms. The molecule has 0 aromatic heterocycles. The zero-order chi connectivity index (χ0) is 20.4. The molecule has 0 amide bonds. The van der Waals surface area contributed by atoms with Crippen molar-refractivity contribution in [1.29, 1.82) is 0 Å². The molecule has 27 heavy (non-hydrogen) atoms. The highest BCUT2D eigenvalue weighted by molar-refractivity contribution is 5.97. The van der Waals surface area contributed by atoms with E-state index in [9.17, 15) is 25.0 Å². The van der Waals surface area contributed by atoms with Crippen molar-refractivity contribution < 1.29 is 38.3 Å². The number of hydrogen-bond acceptors (Lipinski definition) is 10. The van der Waals surface area contributed by atoms with Gasteiger partial charge in [-0.05, 0) is 6.92 Å². The number of methoxy groups -OCH3 is 2. The summed E-state index contributed by atoms with van der Waals surface area (Å²) in [5, 5.41) is 23.0. The number of carbonyl (C=O) groups is 1. The first-order valence-corrected chi connectivity index (χ1v) is 7.79. The normalized spacial score (nSPS) is 10.3. The van der Waals surface area contributed by atoms with Gasteiger partial charge in [0.1, 0.15) is 18.8 Å². The van der Waals surface area contributed by atoms with Gasteiger partial charge in [0.15, 0.2) is 0 Å². The second-order valence-electron chi connectivity index (χ2n) is 4.87. The fourth-order valence-corrected chi connectivity index (χ4v) is 2.03. The molecule has 0 aliphatic rings. The standard InChI is InChI=1S/C15H20N2O10/c1-4-25-15(18)10-9-11(16(19)20)13(26-7-5-23-2)14(12(10)17(21)22)27-8-6-24-3/h9H,4-8H2,1-3H3. The fourth-order valence-electron chi connectivity index (χ4n) is 2.03. The van der Waals surface area contributed by atoms with Crippen LogP contribution in [0.3, 0.4) is 0 Å². The highest BCUT2D eigenvalue weighted by Crippen LogP contribution is 2.46. The van der Waals surface area contributed by atoms with Crippen molar-refractivity contribution >= 4 is 17.3 Å². The molecule has 12 heteroatoms. The Bertz CT molecular complexity index is 692. The predicted octanol–water partition coefficient (Wildman–Crippen LogP) is 1.73. The highest BCUT2D eigenvalue weighted by atomic mass is 16.6. The molecule has 0 saturated carbocycles. The number of esters is 1. The minimum atomic E-state index is -1.09. The number of carbonyl (C=O) groups excluding carboxylic acids is 1. The number of benzene rings is 1. The Morgan fingerprint density at radius 1 is 0.963 bits per heavy atom. The molecule has 12 nitrogen and oxygen atoms in total. The summed E-state index contributed by atoms with van der Waals surface area (Å²) in [6.45, 7) is 1.25. The molecule has 1 aromatic rings. The molecule has 0 fully saturated rings. The van der Waals surface area contributed by atoms with Crippen molar-refractivity contribution in [3.05, 3.63) is 31.9 Å². The van der Waals surface area contributed by atoms with Crippen molar-refractivity contribution in [3.63, 3.8) is 0 Å². The number of nitrogens with zero attached hydrogens (tertiary/aromatic N) is 2. The first kappa shape index (κ1) is 22.1. The van der Waals surface area contributed by atoms with E-state index in [1.807, 2.05) is 0 Å². The van der Waals surface area contributed by atoms with Crippen molar-refractivity contribution in [2.24, 2.45) is 0 Å². The van der Waals surface area contributed by atoms with Crippen LogP contribution >= 0.6 is 0 Å². The van der Waals surface area contributed by atoms with Crippen LogP contribution in [-0.4, -0.2) is 63.1 Å². The Hall–Kier alpha value is -2.99. The van der Waals surface area contributed by atoms with Gasteiger partial charge in [0.05, 0.1) is 29.7 Å². The molecule has 1 aromatic carbocycles. The number of rotatable bonds is 12. The van der Waals surface area contributed by atoms with Crippen LogP contribution in [0.25, 0.3) is 0 Å². The van der Waals surface area contributed by atoms with Crippen LogP contribution in [-0.2, 0) is 14.2 Å². The van der Waals surface area contributed by atoms with Gasteiger partial charge in [0, 0.05) is 20.3 Å². The first-order valence-electron chi connectivity index (χ1n) is 7.79. The summed E-state index contributed by atoms with van der Waals surface area (Å²) in [4.78, 5) is 33.4. The van der Waals surface area contributed by atoms with E-state index in [0.717, 1.165) is 6.07 Å². The quantitative estimate of drug-likeness (QED) is 0.224. The lowest BCUT2D eigenvalue weighted by atomic mass is 10.1. The maximum Gasteiger partial charge on any atom is 0.345 e. The maximum absolute atomic E-state index is 12.1. The van der Waals surface area contributed by atoms with Crippen molar-refractivity contribution in [3.8, 4) is 11.5 Å². The van der Waals surface area contributed by atoms with E-state index < -0.39 is 44.3 Å². The molecular weight excluding hydrogens is 368 g/mol. The van der Waals surface area contributed by atoms with Gasteiger partial charge in [-0.3, -0.25) is 20.2 Å². The summed E-state index contributed by atoms with van der Waals surface area (Å²) in [6, 6.07) is 0.738. The van der Waals surface area contributed by atoms with E-state index in [0.29, 0.717) is 0 Å². The van der Waals surface area contributed by atoms with Gasteiger partial charge in [-0.15, -0.1) is 0 Å². The van der Waals surface area contributed by atoms with E-state index in [4.69, 9.17) is 23.7 Å². The summed E-state index contributed by atoms with van der Waals surface area (Å²) in [6.07, 6.45) is 0. The largest absolute Gasteiger partial charge is 0.482 e. The smallest absolute Gasteiger partial charge is 0.345 e. The zero-order valence-electron chi connectivity index (χ0n) is 15.1. The maximum atomic E-state index is 12.1. The van der Waals surface area contributed by atoms with E-state index in [1.54, 1.807) is 0 Å². The molecule has 0 N–H and O–H groups in total. The highest BCUT2D eigenvalue weighted by Gasteiger charge is 2.37. The van der Waals surface area contributed by atoms with Crippen LogP contribution in [0, 0.1) is 20.2 Å². The lowest BCUT2D eigenvalue weighted by molar-refractivity contribution is -0.390. The lowest BCUT2D eigenvalue weighted by Crippen LogP contribution is -2.15. The molecule has 0 saturated heterocycles. The predicted molar refractivity (Wildman–Crippen MR) is 90.4 cm³/mol. The van der Waals surface area contributed by atoms with Crippen LogP contribution in [0.5, 0.6) is 11.5 Å². The van der Waals surface area contributed by atoms with Gasteiger partial charge in [-0.25, -0.2) is 4.79 Å². The number of nitro groups is 2. The van der Waals surface area contributed by atoms with Gasteiger partial charge < -0.3 is 23.7 Å². The molecule has 0 heterocycles. The van der Waals surface area contributed by atoms with E-state index in [2.05, 4.69) is 0 Å². The van der Waals surface area contributed by atoms with Gasteiger partial charge >= 0.3 is 17.3 Å². The number of hydrogen-bond donors (Lipinski definition) is 0. The fraction of sp³-hybridized carbons (Fsp3) is 0.533. The van der Waals surface area contributed by atoms with Crippen molar-refractivity contribution in [2.75, 3.05) is 47.3 Å². The second kappa shape index (κ2) is 10.9. The van der Waals surface area contributed by atoms with Crippen LogP contribution in [0.15, 0.2) is 6.07 Å². The third kappa shape index (κ3) is 5.76. The molecule has 0 aliphatic carbocycles. The molecule has 0 atom stereocenters. The molecule has 0 unspecified atom stereocenters. The first-order chi connectivity index (χ1) is 12.9. The van der Waals surface area contributed by atoms with Crippen LogP contribution in [0.2, 0.25) is 0 Å². The summed E-state index contributed by atoms with van der Waals surface area (Å²) in [7, 11) is 2.77. The summed E-state index contributed by atoms with van der Waals surface area (Å²) >= 11 is 0. The topological polar surface area (TPSA) is 150 Å². The Morgan fingerprint density at radius 2 is 1.52 bits per heavy atom. The van der Waals surface area contributed by atoms with Crippen LogP contribution < -0.4 is 9.47 Å². The van der Waals surface area contributed by atoms with E-state index in [-0.39, 0.29) is 33.0 Å². The van der Waals surface area contributed by atoms with Gasteiger partial charge in [-0.1, -0.05) is 0 Å². The SMILES string of the molecule is CCOC(=O)c1cc([N+](=O)[O-])c(OCCOC)c(OCCOC)c1[N+](=O)[O-]. The van der Waals surface area contributed by atoms with Gasteiger partial charge in [0.2, 0.25) is 11.5 Å². The molecule has 0 bridgehead atoms. The monoisotopic (exact) mass is 388 g/mol. The van der Waals surface area contributed by atoms with Crippen molar-refractivity contribution in [2.45, 2.75) is 6.92 Å². The Kier molecular flexibility index (Phi) is 8.89. The third-order valence-electron chi connectivity index (χ3n) is 3.13.